The minimum atomic E-state index is -3.83. The summed E-state index contributed by atoms with van der Waals surface area (Å²) in [6.07, 6.45) is 0. The van der Waals surface area contributed by atoms with E-state index in [1.165, 1.54) is 25.2 Å². The van der Waals surface area contributed by atoms with Crippen LogP contribution < -0.4 is 10.1 Å². The smallest absolute Gasteiger partial charge is 0.243 e. The highest BCUT2D eigenvalue weighted by Gasteiger charge is 2.23. The molecule has 0 saturated heterocycles. The van der Waals surface area contributed by atoms with Gasteiger partial charge in [0.15, 0.2) is 0 Å². The summed E-state index contributed by atoms with van der Waals surface area (Å²) in [6.45, 7) is 3.75. The Hall–Kier alpha value is -1.80. The van der Waals surface area contributed by atoms with E-state index in [2.05, 4.69) is 5.32 Å². The molecule has 0 saturated carbocycles. The van der Waals surface area contributed by atoms with E-state index in [9.17, 15) is 13.2 Å². The maximum Gasteiger partial charge on any atom is 0.243 e. The van der Waals surface area contributed by atoms with Crippen molar-refractivity contribution in [3.05, 3.63) is 52.0 Å². The predicted octanol–water partition coefficient (Wildman–Crippen LogP) is 3.96. The summed E-state index contributed by atoms with van der Waals surface area (Å²) < 4.78 is 31.8. The summed E-state index contributed by atoms with van der Waals surface area (Å²) in [6, 6.07) is 9.20. The Morgan fingerprint density at radius 1 is 1.15 bits per heavy atom. The largest absolute Gasteiger partial charge is 0.494 e. The zero-order valence-corrected chi connectivity index (χ0v) is 17.5. The van der Waals surface area contributed by atoms with Gasteiger partial charge in [-0.3, -0.25) is 4.79 Å². The highest BCUT2D eigenvalue weighted by molar-refractivity contribution is 7.89. The van der Waals surface area contributed by atoms with Gasteiger partial charge in [-0.1, -0.05) is 23.2 Å². The number of hydrogen-bond acceptors (Lipinski definition) is 4. The second-order valence-corrected chi connectivity index (χ2v) is 8.66. The predicted molar refractivity (Wildman–Crippen MR) is 107 cm³/mol. The first kappa shape index (κ1) is 21.5. The molecular formula is C18H20Cl2N2O4S. The van der Waals surface area contributed by atoms with Crippen LogP contribution in [0.2, 0.25) is 10.0 Å². The third-order valence-corrected chi connectivity index (χ3v) is 6.26. The van der Waals surface area contributed by atoms with Crippen molar-refractivity contribution in [3.63, 3.8) is 0 Å². The highest BCUT2D eigenvalue weighted by atomic mass is 35.5. The van der Waals surface area contributed by atoms with E-state index >= 15 is 0 Å². The molecule has 27 heavy (non-hydrogen) atoms. The number of carbonyl (C=O) groups excluding carboxylic acids is 1. The molecule has 0 heterocycles. The Labute approximate surface area is 169 Å². The molecule has 0 aliphatic heterocycles. The summed E-state index contributed by atoms with van der Waals surface area (Å²) in [5.41, 5.74) is 1.13. The van der Waals surface area contributed by atoms with Crippen LogP contribution in [0.5, 0.6) is 5.75 Å². The maximum absolute atomic E-state index is 12.7. The number of nitrogens with zero attached hydrogens (tertiary/aromatic N) is 1. The van der Waals surface area contributed by atoms with Gasteiger partial charge >= 0.3 is 0 Å². The van der Waals surface area contributed by atoms with Gasteiger partial charge < -0.3 is 10.1 Å². The lowest BCUT2D eigenvalue weighted by Crippen LogP contribution is -2.35. The Morgan fingerprint density at radius 2 is 1.85 bits per heavy atom. The van der Waals surface area contributed by atoms with Gasteiger partial charge in [0.1, 0.15) is 5.75 Å². The molecule has 0 unspecified atom stereocenters. The van der Waals surface area contributed by atoms with E-state index in [-0.39, 0.29) is 11.4 Å². The number of likely N-dealkylation sites (N-methyl/N-ethyl adjacent to an activating group) is 1. The van der Waals surface area contributed by atoms with Crippen LogP contribution in [0.1, 0.15) is 12.5 Å². The number of hydrogen-bond donors (Lipinski definition) is 1. The van der Waals surface area contributed by atoms with E-state index in [1.807, 2.05) is 6.92 Å². The van der Waals surface area contributed by atoms with Gasteiger partial charge in [-0.15, -0.1) is 0 Å². The standard InChI is InChI=1S/C18H20Cl2N2O4S/c1-4-26-17-8-6-14(9-12(17)2)27(24,25)22(3)11-18(23)21-13-5-7-15(19)16(20)10-13/h5-10H,4,11H2,1-3H3,(H,21,23). The fraction of sp³-hybridized carbons (Fsp3) is 0.278. The first-order chi connectivity index (χ1) is 12.6. The topological polar surface area (TPSA) is 75.7 Å². The van der Waals surface area contributed by atoms with Crippen molar-refractivity contribution in [2.24, 2.45) is 0 Å². The van der Waals surface area contributed by atoms with Crippen LogP contribution in [0.3, 0.4) is 0 Å². The van der Waals surface area contributed by atoms with E-state index in [1.54, 1.807) is 25.1 Å². The van der Waals surface area contributed by atoms with E-state index in [4.69, 9.17) is 27.9 Å². The number of carbonyl (C=O) groups is 1. The molecule has 0 atom stereocenters. The quantitative estimate of drug-likeness (QED) is 0.720. The number of halogens is 2. The minimum absolute atomic E-state index is 0.0910. The van der Waals surface area contributed by atoms with Crippen molar-refractivity contribution >= 4 is 44.8 Å². The molecule has 2 aromatic rings. The summed E-state index contributed by atoms with van der Waals surface area (Å²) in [5, 5.41) is 3.25. The van der Waals surface area contributed by atoms with Crippen molar-refractivity contribution in [2.75, 3.05) is 25.5 Å². The van der Waals surface area contributed by atoms with Crippen LogP contribution in [0.15, 0.2) is 41.3 Å². The molecule has 6 nitrogen and oxygen atoms in total. The number of anilines is 1. The summed E-state index contributed by atoms with van der Waals surface area (Å²) in [7, 11) is -2.48. The SMILES string of the molecule is CCOc1ccc(S(=O)(=O)N(C)CC(=O)Nc2ccc(Cl)c(Cl)c2)cc1C. The number of rotatable bonds is 7. The van der Waals surface area contributed by atoms with Gasteiger partial charge in [0.05, 0.1) is 28.1 Å². The number of aryl methyl sites for hydroxylation is 1. The molecule has 1 N–H and O–H groups in total. The average Bonchev–Trinajstić information content (AvgIpc) is 2.59. The molecule has 0 radical (unpaired) electrons. The van der Waals surface area contributed by atoms with Gasteiger partial charge in [0.25, 0.3) is 0 Å². The number of nitrogens with one attached hydrogen (secondary N) is 1. The summed E-state index contributed by atoms with van der Waals surface area (Å²) >= 11 is 11.7. The van der Waals surface area contributed by atoms with Crippen LogP contribution in [0.25, 0.3) is 0 Å². The molecule has 9 heteroatoms. The van der Waals surface area contributed by atoms with Crippen LogP contribution in [-0.2, 0) is 14.8 Å². The fourth-order valence-corrected chi connectivity index (χ4v) is 3.85. The first-order valence-corrected chi connectivity index (χ1v) is 10.3. The van der Waals surface area contributed by atoms with E-state index in [0.717, 1.165) is 4.31 Å². The number of amides is 1. The average molecular weight is 431 g/mol. The van der Waals surface area contributed by atoms with Gasteiger partial charge in [-0.25, -0.2) is 8.42 Å². The molecular weight excluding hydrogens is 411 g/mol. The molecule has 146 valence electrons. The molecule has 0 aromatic heterocycles. The molecule has 0 aliphatic rings. The molecule has 2 aromatic carbocycles. The van der Waals surface area contributed by atoms with Crippen LogP contribution in [-0.4, -0.2) is 38.8 Å². The Kier molecular flexibility index (Phi) is 7.11. The van der Waals surface area contributed by atoms with Crippen molar-refractivity contribution in [1.29, 1.82) is 0 Å². The van der Waals surface area contributed by atoms with E-state index < -0.39 is 15.9 Å². The maximum atomic E-state index is 12.7. The molecule has 1 amide bonds. The van der Waals surface area contributed by atoms with Gasteiger partial charge in [0, 0.05) is 12.7 Å². The van der Waals surface area contributed by atoms with E-state index in [0.29, 0.717) is 33.7 Å². The van der Waals surface area contributed by atoms with Crippen LogP contribution in [0, 0.1) is 6.92 Å². The second kappa shape index (κ2) is 8.93. The third-order valence-electron chi connectivity index (χ3n) is 3.72. The Morgan fingerprint density at radius 3 is 2.44 bits per heavy atom. The lowest BCUT2D eigenvalue weighted by Gasteiger charge is -2.18. The van der Waals surface area contributed by atoms with Crippen molar-refractivity contribution < 1.29 is 17.9 Å². The molecule has 0 aliphatic carbocycles. The monoisotopic (exact) mass is 430 g/mol. The second-order valence-electron chi connectivity index (χ2n) is 5.80. The first-order valence-electron chi connectivity index (χ1n) is 8.10. The number of sulfonamides is 1. The minimum Gasteiger partial charge on any atom is -0.494 e. The van der Waals surface area contributed by atoms with Crippen molar-refractivity contribution in [3.8, 4) is 5.75 Å². The number of ether oxygens (including phenoxy) is 1. The van der Waals surface area contributed by atoms with Crippen LogP contribution >= 0.6 is 23.2 Å². The lowest BCUT2D eigenvalue weighted by atomic mass is 10.2. The van der Waals surface area contributed by atoms with Crippen molar-refractivity contribution in [1.82, 2.24) is 4.31 Å². The van der Waals surface area contributed by atoms with Gasteiger partial charge in [-0.2, -0.15) is 4.31 Å². The third kappa shape index (κ3) is 5.35. The summed E-state index contributed by atoms with van der Waals surface area (Å²) in [4.78, 5) is 12.3. The van der Waals surface area contributed by atoms with Gasteiger partial charge in [-0.05, 0) is 55.8 Å². The Balaban J connectivity index is 2.11. The Bertz CT molecular complexity index is 948. The zero-order valence-electron chi connectivity index (χ0n) is 15.1. The molecule has 0 fully saturated rings. The van der Waals surface area contributed by atoms with Gasteiger partial charge in [0.2, 0.25) is 15.9 Å². The lowest BCUT2D eigenvalue weighted by molar-refractivity contribution is -0.116. The normalized spacial score (nSPS) is 11.5. The molecule has 0 bridgehead atoms. The van der Waals surface area contributed by atoms with Crippen LogP contribution in [0.4, 0.5) is 5.69 Å². The van der Waals surface area contributed by atoms with Crippen molar-refractivity contribution in [2.45, 2.75) is 18.7 Å². The molecule has 2 rings (SSSR count). The highest BCUT2D eigenvalue weighted by Crippen LogP contribution is 2.26. The zero-order chi connectivity index (χ0) is 20.2. The molecule has 0 spiro atoms. The summed E-state index contributed by atoms with van der Waals surface area (Å²) in [5.74, 6) is 0.124. The number of benzene rings is 2. The fourth-order valence-electron chi connectivity index (χ4n) is 2.34.